The van der Waals surface area contributed by atoms with Crippen LogP contribution in [0.4, 0.5) is 0 Å². The van der Waals surface area contributed by atoms with Crippen molar-refractivity contribution >= 4 is 5.91 Å². The maximum absolute atomic E-state index is 12.2. The van der Waals surface area contributed by atoms with Gasteiger partial charge in [0.1, 0.15) is 5.69 Å². The van der Waals surface area contributed by atoms with Crippen molar-refractivity contribution in [2.24, 2.45) is 0 Å². The van der Waals surface area contributed by atoms with Gasteiger partial charge in [-0.1, -0.05) is 6.92 Å². The number of aromatic amines is 1. The molecule has 6 nitrogen and oxygen atoms in total. The zero-order valence-corrected chi connectivity index (χ0v) is 11.1. The first kappa shape index (κ1) is 13.7. The third-order valence-electron chi connectivity index (χ3n) is 3.11. The van der Waals surface area contributed by atoms with Gasteiger partial charge in [0.25, 0.3) is 11.5 Å². The van der Waals surface area contributed by atoms with Crippen molar-refractivity contribution in [2.45, 2.75) is 32.3 Å². The molecule has 2 heterocycles. The van der Waals surface area contributed by atoms with E-state index in [2.05, 4.69) is 16.9 Å². The number of piperidine rings is 1. The van der Waals surface area contributed by atoms with Gasteiger partial charge in [0.15, 0.2) is 0 Å². The van der Waals surface area contributed by atoms with E-state index in [0.29, 0.717) is 13.1 Å². The number of likely N-dealkylation sites (tertiary alicyclic amines) is 1. The van der Waals surface area contributed by atoms with E-state index in [0.717, 1.165) is 32.1 Å². The summed E-state index contributed by atoms with van der Waals surface area (Å²) in [4.78, 5) is 31.2. The summed E-state index contributed by atoms with van der Waals surface area (Å²) in [5.41, 5.74) is -0.0323. The molecular formula is C13H19N3O3. The van der Waals surface area contributed by atoms with E-state index >= 15 is 0 Å². The molecule has 1 saturated heterocycles. The normalized spacial score (nSPS) is 19.4. The summed E-state index contributed by atoms with van der Waals surface area (Å²) in [6.07, 6.45) is 5.50. The van der Waals surface area contributed by atoms with Crippen LogP contribution in [0.3, 0.4) is 0 Å². The monoisotopic (exact) mass is 265 g/mol. The molecule has 6 heteroatoms. The molecule has 1 atom stereocenters. The predicted octanol–water partition coefficient (Wildman–Crippen LogP) is 0.801. The summed E-state index contributed by atoms with van der Waals surface area (Å²) in [6, 6.07) is 0. The number of nitrogens with zero attached hydrogens (tertiary/aromatic N) is 2. The van der Waals surface area contributed by atoms with Crippen LogP contribution in [0.25, 0.3) is 0 Å². The second kappa shape index (κ2) is 6.47. The molecule has 0 saturated carbocycles. The summed E-state index contributed by atoms with van der Waals surface area (Å²) in [6.45, 7) is 4.10. The number of carbonyl (C=O) groups excluding carboxylic acids is 1. The van der Waals surface area contributed by atoms with E-state index in [1.54, 1.807) is 4.90 Å². The van der Waals surface area contributed by atoms with Crippen LogP contribution in [0.5, 0.6) is 0 Å². The van der Waals surface area contributed by atoms with E-state index in [9.17, 15) is 9.59 Å². The van der Waals surface area contributed by atoms with Crippen molar-refractivity contribution in [2.75, 3.05) is 19.7 Å². The molecule has 1 aliphatic rings. The molecule has 1 fully saturated rings. The molecule has 19 heavy (non-hydrogen) atoms. The van der Waals surface area contributed by atoms with E-state index in [4.69, 9.17) is 4.74 Å². The molecule has 1 unspecified atom stereocenters. The van der Waals surface area contributed by atoms with Gasteiger partial charge >= 0.3 is 0 Å². The van der Waals surface area contributed by atoms with E-state index in [1.807, 2.05) is 0 Å². The van der Waals surface area contributed by atoms with Gasteiger partial charge in [0.05, 0.1) is 12.3 Å². The summed E-state index contributed by atoms with van der Waals surface area (Å²) < 4.78 is 5.70. The lowest BCUT2D eigenvalue weighted by Crippen LogP contribution is -2.43. The van der Waals surface area contributed by atoms with Crippen molar-refractivity contribution in [3.63, 3.8) is 0 Å². The zero-order valence-electron chi connectivity index (χ0n) is 11.1. The molecular weight excluding hydrogens is 246 g/mol. The van der Waals surface area contributed by atoms with Gasteiger partial charge in [0, 0.05) is 25.9 Å². The van der Waals surface area contributed by atoms with Crippen LogP contribution in [-0.2, 0) is 4.74 Å². The second-order valence-electron chi connectivity index (χ2n) is 4.68. The summed E-state index contributed by atoms with van der Waals surface area (Å²) in [7, 11) is 0. The number of aromatic nitrogens is 2. The quantitative estimate of drug-likeness (QED) is 0.873. The Hall–Kier alpha value is -1.69. The van der Waals surface area contributed by atoms with Crippen molar-refractivity contribution in [3.8, 4) is 0 Å². The van der Waals surface area contributed by atoms with Crippen molar-refractivity contribution < 1.29 is 9.53 Å². The molecule has 1 aromatic rings. The number of amides is 1. The first-order valence-corrected chi connectivity index (χ1v) is 6.66. The van der Waals surface area contributed by atoms with Gasteiger partial charge in [-0.15, -0.1) is 0 Å². The second-order valence-corrected chi connectivity index (χ2v) is 4.68. The minimum absolute atomic E-state index is 0.111. The fourth-order valence-corrected chi connectivity index (χ4v) is 2.16. The van der Waals surface area contributed by atoms with Crippen molar-refractivity contribution in [3.05, 3.63) is 28.4 Å². The van der Waals surface area contributed by atoms with Crippen molar-refractivity contribution in [1.29, 1.82) is 0 Å². The van der Waals surface area contributed by atoms with Gasteiger partial charge in [0.2, 0.25) is 0 Å². The van der Waals surface area contributed by atoms with Gasteiger partial charge in [-0.25, -0.2) is 4.98 Å². The van der Waals surface area contributed by atoms with Crippen LogP contribution in [-0.4, -0.2) is 46.6 Å². The van der Waals surface area contributed by atoms with Crippen molar-refractivity contribution in [1.82, 2.24) is 14.9 Å². The lowest BCUT2D eigenvalue weighted by atomic mass is 10.1. The number of rotatable bonds is 4. The Labute approximate surface area is 111 Å². The topological polar surface area (TPSA) is 75.3 Å². The third-order valence-corrected chi connectivity index (χ3v) is 3.11. The van der Waals surface area contributed by atoms with Crippen LogP contribution in [0.1, 0.15) is 36.7 Å². The zero-order chi connectivity index (χ0) is 13.7. The SMILES string of the molecule is CCCOC1CCCN(C(=O)c2c[nH]c(=O)cn2)C1. The van der Waals surface area contributed by atoms with Crippen LogP contribution in [0, 0.1) is 0 Å². The molecule has 104 valence electrons. The van der Waals surface area contributed by atoms with Gasteiger partial charge in [-0.3, -0.25) is 9.59 Å². The summed E-state index contributed by atoms with van der Waals surface area (Å²) in [5.74, 6) is -0.152. The highest BCUT2D eigenvalue weighted by Gasteiger charge is 2.25. The Balaban J connectivity index is 1.98. The molecule has 0 aromatic carbocycles. The minimum Gasteiger partial charge on any atom is -0.376 e. The first-order chi connectivity index (χ1) is 9.20. The molecule has 0 bridgehead atoms. The molecule has 0 spiro atoms. The Bertz CT molecular complexity index is 466. The minimum atomic E-state index is -0.306. The van der Waals surface area contributed by atoms with Gasteiger partial charge < -0.3 is 14.6 Å². The van der Waals surface area contributed by atoms with Gasteiger partial charge in [-0.2, -0.15) is 0 Å². The molecule has 0 radical (unpaired) electrons. The van der Waals surface area contributed by atoms with Crippen LogP contribution >= 0.6 is 0 Å². The average molecular weight is 265 g/mol. The third kappa shape index (κ3) is 3.64. The highest BCUT2D eigenvalue weighted by atomic mass is 16.5. The Kier molecular flexibility index (Phi) is 4.68. The van der Waals surface area contributed by atoms with Gasteiger partial charge in [-0.05, 0) is 19.3 Å². The molecule has 1 aliphatic heterocycles. The van der Waals surface area contributed by atoms with Crippen LogP contribution < -0.4 is 5.56 Å². The molecule has 2 rings (SSSR count). The lowest BCUT2D eigenvalue weighted by Gasteiger charge is -2.32. The smallest absolute Gasteiger partial charge is 0.274 e. The Morgan fingerprint density at radius 3 is 3.16 bits per heavy atom. The Morgan fingerprint density at radius 2 is 2.47 bits per heavy atom. The maximum atomic E-state index is 12.2. The number of H-pyrrole nitrogens is 1. The number of hydrogen-bond donors (Lipinski definition) is 1. The number of hydrogen-bond acceptors (Lipinski definition) is 4. The fraction of sp³-hybridized carbons (Fsp3) is 0.615. The average Bonchev–Trinajstić information content (AvgIpc) is 2.45. The number of nitrogens with one attached hydrogen (secondary N) is 1. The molecule has 1 aromatic heterocycles. The molecule has 1 amide bonds. The van der Waals surface area contributed by atoms with Crippen LogP contribution in [0.15, 0.2) is 17.2 Å². The Morgan fingerprint density at radius 1 is 1.63 bits per heavy atom. The number of carbonyl (C=O) groups is 1. The largest absolute Gasteiger partial charge is 0.376 e. The fourth-order valence-electron chi connectivity index (χ4n) is 2.16. The standard InChI is InChI=1S/C13H19N3O3/c1-2-6-19-10-4-3-5-16(9-10)13(18)11-7-15-12(17)8-14-11/h7-8,10H,2-6,9H2,1H3,(H,15,17). The van der Waals surface area contributed by atoms with Crippen LogP contribution in [0.2, 0.25) is 0 Å². The summed E-state index contributed by atoms with van der Waals surface area (Å²) >= 11 is 0. The van der Waals surface area contributed by atoms with E-state index < -0.39 is 0 Å². The maximum Gasteiger partial charge on any atom is 0.274 e. The first-order valence-electron chi connectivity index (χ1n) is 6.66. The molecule has 1 N–H and O–H groups in total. The van der Waals surface area contributed by atoms with E-state index in [-0.39, 0.29) is 23.3 Å². The summed E-state index contributed by atoms with van der Waals surface area (Å²) in [5, 5.41) is 0. The van der Waals surface area contributed by atoms with E-state index in [1.165, 1.54) is 6.20 Å². The molecule has 0 aliphatic carbocycles. The predicted molar refractivity (Wildman–Crippen MR) is 70.0 cm³/mol. The highest BCUT2D eigenvalue weighted by Crippen LogP contribution is 2.15. The highest BCUT2D eigenvalue weighted by molar-refractivity contribution is 5.92. The lowest BCUT2D eigenvalue weighted by molar-refractivity contribution is 0.00190. The number of ether oxygens (including phenoxy) is 1.